The summed E-state index contributed by atoms with van der Waals surface area (Å²) in [6, 6.07) is 0. The Morgan fingerprint density at radius 2 is 1.85 bits per heavy atom. The van der Waals surface area contributed by atoms with Crippen LogP contribution in [0.15, 0.2) is 0 Å². The van der Waals surface area contributed by atoms with E-state index in [2.05, 4.69) is 4.74 Å². The van der Waals surface area contributed by atoms with Gasteiger partial charge in [-0.05, 0) is 14.1 Å². The lowest BCUT2D eigenvalue weighted by Gasteiger charge is -2.22. The van der Waals surface area contributed by atoms with Crippen molar-refractivity contribution in [2.45, 2.75) is 0 Å². The van der Waals surface area contributed by atoms with Crippen LogP contribution in [-0.2, 0) is 9.47 Å². The molecule has 0 aliphatic carbocycles. The fourth-order valence-corrected chi connectivity index (χ4v) is 0.880. The molecule has 1 N–H and O–H groups in total. The highest BCUT2D eigenvalue weighted by Gasteiger charge is 2.04. The summed E-state index contributed by atoms with van der Waals surface area (Å²) in [4.78, 5) is 13.6. The van der Waals surface area contributed by atoms with Crippen molar-refractivity contribution in [1.29, 1.82) is 0 Å². The number of hydrogen-bond donors (Lipinski definition) is 1. The SMILES string of the molecule is COCN(C)CN(C)COC(=O)O. The quantitative estimate of drug-likeness (QED) is 0.474. The van der Waals surface area contributed by atoms with E-state index in [1.54, 1.807) is 19.1 Å². The zero-order valence-electron chi connectivity index (χ0n) is 8.19. The van der Waals surface area contributed by atoms with Gasteiger partial charge in [0.2, 0.25) is 0 Å². The van der Waals surface area contributed by atoms with Gasteiger partial charge in [0, 0.05) is 7.11 Å². The molecular weight excluding hydrogens is 176 g/mol. The molecule has 13 heavy (non-hydrogen) atoms. The molecule has 0 aromatic heterocycles. The Hall–Kier alpha value is -0.850. The molecule has 0 heterocycles. The highest BCUT2D eigenvalue weighted by Crippen LogP contribution is 1.89. The second kappa shape index (κ2) is 6.64. The van der Waals surface area contributed by atoms with Crippen molar-refractivity contribution in [3.05, 3.63) is 0 Å². The summed E-state index contributed by atoms with van der Waals surface area (Å²) >= 11 is 0. The molecule has 0 aromatic rings. The Balaban J connectivity index is 3.48. The van der Waals surface area contributed by atoms with Gasteiger partial charge in [-0.2, -0.15) is 0 Å². The highest BCUT2D eigenvalue weighted by atomic mass is 16.7. The van der Waals surface area contributed by atoms with Crippen LogP contribution >= 0.6 is 0 Å². The lowest BCUT2D eigenvalue weighted by Crippen LogP contribution is -2.35. The van der Waals surface area contributed by atoms with Gasteiger partial charge in [0.05, 0.1) is 13.4 Å². The Labute approximate surface area is 77.6 Å². The standard InChI is InChI=1S/C7H16N2O4/c1-8(5-12-3)4-9(2)6-13-7(10)11/h4-6H2,1-3H3,(H,10,11). The third-order valence-corrected chi connectivity index (χ3v) is 1.24. The summed E-state index contributed by atoms with van der Waals surface area (Å²) in [5, 5.41) is 8.21. The predicted molar refractivity (Wildman–Crippen MR) is 46.2 cm³/mol. The van der Waals surface area contributed by atoms with Gasteiger partial charge in [-0.1, -0.05) is 0 Å². The largest absolute Gasteiger partial charge is 0.507 e. The van der Waals surface area contributed by atoms with Crippen LogP contribution in [0.4, 0.5) is 4.79 Å². The van der Waals surface area contributed by atoms with Crippen molar-refractivity contribution >= 4 is 6.16 Å². The fourth-order valence-electron chi connectivity index (χ4n) is 0.880. The Morgan fingerprint density at radius 3 is 2.31 bits per heavy atom. The average molecular weight is 192 g/mol. The summed E-state index contributed by atoms with van der Waals surface area (Å²) in [6.45, 7) is 1.14. The molecule has 0 radical (unpaired) electrons. The van der Waals surface area contributed by atoms with Crippen LogP contribution in [0.25, 0.3) is 0 Å². The molecule has 0 saturated heterocycles. The van der Waals surface area contributed by atoms with Gasteiger partial charge in [0.15, 0.2) is 0 Å². The van der Waals surface area contributed by atoms with Crippen molar-refractivity contribution in [3.8, 4) is 0 Å². The van der Waals surface area contributed by atoms with Crippen molar-refractivity contribution < 1.29 is 19.4 Å². The number of ether oxygens (including phenoxy) is 2. The second-order valence-corrected chi connectivity index (χ2v) is 2.81. The minimum Gasteiger partial charge on any atom is -0.450 e. The van der Waals surface area contributed by atoms with Crippen LogP contribution in [0.3, 0.4) is 0 Å². The molecular formula is C7H16N2O4. The molecule has 0 bridgehead atoms. The lowest BCUT2D eigenvalue weighted by atomic mass is 10.7. The number of carboxylic acid groups (broad SMARTS) is 1. The normalized spacial score (nSPS) is 10.8. The molecule has 0 aliphatic heterocycles. The van der Waals surface area contributed by atoms with Crippen LogP contribution in [0.1, 0.15) is 0 Å². The van der Waals surface area contributed by atoms with E-state index in [1.165, 1.54) is 0 Å². The van der Waals surface area contributed by atoms with E-state index in [0.717, 1.165) is 0 Å². The molecule has 0 atom stereocenters. The van der Waals surface area contributed by atoms with E-state index in [-0.39, 0.29) is 6.73 Å². The van der Waals surface area contributed by atoms with Crippen molar-refractivity contribution in [2.75, 3.05) is 41.3 Å². The molecule has 0 saturated carbocycles. The molecule has 0 rings (SSSR count). The van der Waals surface area contributed by atoms with E-state index in [9.17, 15) is 4.79 Å². The highest BCUT2D eigenvalue weighted by molar-refractivity contribution is 5.56. The first kappa shape index (κ1) is 12.2. The molecule has 0 aromatic carbocycles. The van der Waals surface area contributed by atoms with Gasteiger partial charge < -0.3 is 14.6 Å². The zero-order chi connectivity index (χ0) is 10.3. The maximum Gasteiger partial charge on any atom is 0.507 e. The maximum absolute atomic E-state index is 10.0. The minimum absolute atomic E-state index is 0.0589. The van der Waals surface area contributed by atoms with E-state index in [0.29, 0.717) is 13.4 Å². The average Bonchev–Trinajstić information content (AvgIpc) is 2.01. The molecule has 0 aliphatic rings. The number of carbonyl (C=O) groups is 1. The number of rotatable bonds is 6. The maximum atomic E-state index is 10.0. The van der Waals surface area contributed by atoms with E-state index in [1.807, 2.05) is 11.9 Å². The smallest absolute Gasteiger partial charge is 0.450 e. The van der Waals surface area contributed by atoms with Crippen molar-refractivity contribution in [1.82, 2.24) is 9.80 Å². The first-order valence-electron chi connectivity index (χ1n) is 3.78. The summed E-state index contributed by atoms with van der Waals surface area (Å²) in [5.74, 6) is 0. The van der Waals surface area contributed by atoms with Gasteiger partial charge in [0.1, 0.15) is 6.73 Å². The predicted octanol–water partition coefficient (Wildman–Crippen LogP) is 0.0635. The number of nitrogens with zero attached hydrogens (tertiary/aromatic N) is 2. The lowest BCUT2D eigenvalue weighted by molar-refractivity contribution is 0.000471. The van der Waals surface area contributed by atoms with Crippen LogP contribution in [-0.4, -0.2) is 62.4 Å². The molecule has 0 fully saturated rings. The zero-order valence-corrected chi connectivity index (χ0v) is 8.19. The first-order valence-corrected chi connectivity index (χ1v) is 3.78. The van der Waals surface area contributed by atoms with Crippen molar-refractivity contribution in [2.24, 2.45) is 0 Å². The topological polar surface area (TPSA) is 62.2 Å². The minimum atomic E-state index is -1.26. The molecule has 6 heteroatoms. The Kier molecular flexibility index (Phi) is 6.21. The van der Waals surface area contributed by atoms with E-state index < -0.39 is 6.16 Å². The third kappa shape index (κ3) is 7.51. The fraction of sp³-hybridized carbons (Fsp3) is 0.857. The van der Waals surface area contributed by atoms with Gasteiger partial charge >= 0.3 is 6.16 Å². The van der Waals surface area contributed by atoms with Crippen LogP contribution in [0, 0.1) is 0 Å². The molecule has 0 spiro atoms. The van der Waals surface area contributed by atoms with Crippen LogP contribution in [0.2, 0.25) is 0 Å². The summed E-state index contributed by atoms with van der Waals surface area (Å²) < 4.78 is 9.23. The third-order valence-electron chi connectivity index (χ3n) is 1.24. The second-order valence-electron chi connectivity index (χ2n) is 2.81. The molecule has 0 amide bonds. The molecule has 78 valence electrons. The van der Waals surface area contributed by atoms with Gasteiger partial charge in [-0.3, -0.25) is 9.80 Å². The van der Waals surface area contributed by atoms with E-state index >= 15 is 0 Å². The molecule has 6 nitrogen and oxygen atoms in total. The van der Waals surface area contributed by atoms with Gasteiger partial charge in [-0.15, -0.1) is 0 Å². The first-order chi connectivity index (χ1) is 6.06. The van der Waals surface area contributed by atoms with Crippen LogP contribution in [0.5, 0.6) is 0 Å². The summed E-state index contributed by atoms with van der Waals surface area (Å²) in [7, 11) is 5.22. The Morgan fingerprint density at radius 1 is 1.31 bits per heavy atom. The van der Waals surface area contributed by atoms with Crippen LogP contribution < -0.4 is 0 Å². The molecule has 0 unspecified atom stereocenters. The Bertz CT molecular complexity index is 153. The van der Waals surface area contributed by atoms with E-state index in [4.69, 9.17) is 9.84 Å². The monoisotopic (exact) mass is 192 g/mol. The number of methoxy groups -OCH3 is 1. The number of hydrogen-bond acceptors (Lipinski definition) is 5. The summed E-state index contributed by atoms with van der Waals surface area (Å²) in [6.07, 6.45) is -1.26. The van der Waals surface area contributed by atoms with Gasteiger partial charge in [-0.25, -0.2) is 4.79 Å². The van der Waals surface area contributed by atoms with Crippen molar-refractivity contribution in [3.63, 3.8) is 0 Å². The summed E-state index contributed by atoms with van der Waals surface area (Å²) in [5.41, 5.74) is 0. The van der Waals surface area contributed by atoms with Gasteiger partial charge in [0.25, 0.3) is 0 Å².